The monoisotopic (exact) mass is 268 g/mol. The van der Waals surface area contributed by atoms with Crippen LogP contribution < -0.4 is 10.6 Å². The van der Waals surface area contributed by atoms with Crippen molar-refractivity contribution < 1.29 is 19.2 Å². The van der Waals surface area contributed by atoms with Crippen molar-refractivity contribution in [1.82, 2.24) is 10.6 Å². The van der Waals surface area contributed by atoms with E-state index in [0.29, 0.717) is 6.54 Å². The Kier molecular flexibility index (Phi) is 8.36. The second kappa shape index (κ2) is 9.58. The van der Waals surface area contributed by atoms with Gasteiger partial charge in [-0.05, 0) is 6.42 Å². The highest BCUT2D eigenvalue weighted by Crippen LogP contribution is 1.87. The third-order valence-electron chi connectivity index (χ3n) is 1.88. The van der Waals surface area contributed by atoms with Crippen LogP contribution in [0, 0.1) is 11.3 Å². The average molecular weight is 268 g/mol. The number of oxime groups is 1. The first-order valence-corrected chi connectivity index (χ1v) is 5.70. The van der Waals surface area contributed by atoms with Gasteiger partial charge in [0.15, 0.2) is 5.78 Å². The first-order valence-electron chi connectivity index (χ1n) is 5.70. The van der Waals surface area contributed by atoms with E-state index in [0.717, 1.165) is 19.8 Å². The Morgan fingerprint density at radius 3 is 2.58 bits per heavy atom. The maximum absolute atomic E-state index is 11.5. The quantitative estimate of drug-likeness (QED) is 0.293. The standard InChI is InChI=1S/C11H16N4O4/c1-3-4-6-13-11(18)14-10(17)9(8(2)16)15-19-7-5-12/h3-4,6-7H2,1-2H3,(H2,13,14,17,18). The van der Waals surface area contributed by atoms with Crippen molar-refractivity contribution >= 4 is 23.4 Å². The van der Waals surface area contributed by atoms with Crippen molar-refractivity contribution in [3.05, 3.63) is 0 Å². The summed E-state index contributed by atoms with van der Waals surface area (Å²) in [6.45, 7) is 3.08. The molecule has 2 N–H and O–H groups in total. The Morgan fingerprint density at radius 2 is 2.05 bits per heavy atom. The number of Topliss-reactive ketones (excluding diaryl/α,β-unsaturated/α-hetero) is 1. The lowest BCUT2D eigenvalue weighted by Crippen LogP contribution is -2.44. The van der Waals surface area contributed by atoms with Crippen LogP contribution in [0.5, 0.6) is 0 Å². The van der Waals surface area contributed by atoms with Gasteiger partial charge in [-0.1, -0.05) is 18.5 Å². The predicted molar refractivity (Wildman–Crippen MR) is 66.1 cm³/mol. The van der Waals surface area contributed by atoms with E-state index in [4.69, 9.17) is 5.26 Å². The Hall–Kier alpha value is -2.43. The van der Waals surface area contributed by atoms with Crippen molar-refractivity contribution in [3.8, 4) is 6.07 Å². The van der Waals surface area contributed by atoms with Gasteiger partial charge in [0.25, 0.3) is 5.91 Å². The summed E-state index contributed by atoms with van der Waals surface area (Å²) in [5.74, 6) is -1.64. The summed E-state index contributed by atoms with van der Waals surface area (Å²) in [5.41, 5.74) is -0.569. The molecular formula is C11H16N4O4. The molecule has 0 fully saturated rings. The van der Waals surface area contributed by atoms with Gasteiger partial charge in [-0.3, -0.25) is 14.9 Å². The second-order valence-corrected chi connectivity index (χ2v) is 3.49. The number of hydrogen-bond donors (Lipinski definition) is 2. The number of amides is 3. The van der Waals surface area contributed by atoms with E-state index in [-0.39, 0.29) is 0 Å². The highest BCUT2D eigenvalue weighted by atomic mass is 16.6. The lowest BCUT2D eigenvalue weighted by atomic mass is 10.2. The average Bonchev–Trinajstić information content (AvgIpc) is 2.34. The second-order valence-electron chi connectivity index (χ2n) is 3.49. The molecule has 104 valence electrons. The number of unbranched alkanes of at least 4 members (excludes halogenated alkanes) is 1. The van der Waals surface area contributed by atoms with Crippen LogP contribution in [0.15, 0.2) is 5.16 Å². The van der Waals surface area contributed by atoms with Crippen molar-refractivity contribution in [2.75, 3.05) is 13.2 Å². The van der Waals surface area contributed by atoms with E-state index < -0.39 is 30.0 Å². The molecule has 0 heterocycles. The molecule has 8 nitrogen and oxygen atoms in total. The number of imide groups is 1. The van der Waals surface area contributed by atoms with Gasteiger partial charge in [0.05, 0.1) is 0 Å². The molecule has 0 aromatic carbocycles. The van der Waals surface area contributed by atoms with Crippen LogP contribution in [0.2, 0.25) is 0 Å². The predicted octanol–water partition coefficient (Wildman–Crippen LogP) is 0.0975. The molecule has 0 aliphatic carbocycles. The molecule has 8 heteroatoms. The number of nitrogens with zero attached hydrogens (tertiary/aromatic N) is 2. The van der Waals surface area contributed by atoms with Gasteiger partial charge in [-0.25, -0.2) is 4.79 Å². The number of urea groups is 1. The zero-order valence-electron chi connectivity index (χ0n) is 10.9. The van der Waals surface area contributed by atoms with Crippen LogP contribution in [0.25, 0.3) is 0 Å². The largest absolute Gasteiger partial charge is 0.380 e. The van der Waals surface area contributed by atoms with Gasteiger partial charge >= 0.3 is 6.03 Å². The minimum absolute atomic E-state index is 0.396. The first-order chi connectivity index (χ1) is 9.02. The number of ketones is 1. The number of carbonyl (C=O) groups excluding carboxylic acids is 3. The zero-order chi connectivity index (χ0) is 14.7. The van der Waals surface area contributed by atoms with Crippen molar-refractivity contribution in [3.63, 3.8) is 0 Å². The molecule has 0 spiro atoms. The van der Waals surface area contributed by atoms with Crippen LogP contribution in [0.4, 0.5) is 4.79 Å². The number of nitriles is 1. The zero-order valence-corrected chi connectivity index (χ0v) is 10.9. The summed E-state index contributed by atoms with van der Waals surface area (Å²) in [5, 5.41) is 15.8. The van der Waals surface area contributed by atoms with E-state index in [1.165, 1.54) is 0 Å². The fraction of sp³-hybridized carbons (Fsp3) is 0.545. The van der Waals surface area contributed by atoms with Gasteiger partial charge in [0.2, 0.25) is 12.3 Å². The van der Waals surface area contributed by atoms with Gasteiger partial charge in [0, 0.05) is 13.5 Å². The smallest absolute Gasteiger partial charge is 0.321 e. The molecule has 0 radical (unpaired) electrons. The van der Waals surface area contributed by atoms with Gasteiger partial charge < -0.3 is 10.2 Å². The summed E-state index contributed by atoms with van der Waals surface area (Å²) < 4.78 is 0. The molecule has 3 amide bonds. The van der Waals surface area contributed by atoms with Crippen LogP contribution in [-0.2, 0) is 14.4 Å². The van der Waals surface area contributed by atoms with Crippen molar-refractivity contribution in [2.45, 2.75) is 26.7 Å². The van der Waals surface area contributed by atoms with Crippen LogP contribution in [0.1, 0.15) is 26.7 Å². The summed E-state index contributed by atoms with van der Waals surface area (Å²) in [4.78, 5) is 38.4. The van der Waals surface area contributed by atoms with Crippen molar-refractivity contribution in [1.29, 1.82) is 5.26 Å². The molecule has 0 saturated carbocycles. The summed E-state index contributed by atoms with van der Waals surface area (Å²) >= 11 is 0. The molecule has 0 aliphatic rings. The normalized spacial score (nSPS) is 10.3. The molecule has 0 rings (SSSR count). The fourth-order valence-electron chi connectivity index (χ4n) is 0.977. The SMILES string of the molecule is CCCCNC(=O)NC(=O)C(=NOCC#N)C(C)=O. The van der Waals surface area contributed by atoms with Crippen molar-refractivity contribution in [2.24, 2.45) is 5.16 Å². The summed E-state index contributed by atoms with van der Waals surface area (Å²) in [6, 6.07) is 0.909. The maximum atomic E-state index is 11.5. The minimum atomic E-state index is -0.973. The fourth-order valence-corrected chi connectivity index (χ4v) is 0.977. The van der Waals surface area contributed by atoms with Crippen LogP contribution in [0.3, 0.4) is 0 Å². The molecule has 0 aromatic rings. The maximum Gasteiger partial charge on any atom is 0.321 e. The summed E-state index contributed by atoms with van der Waals surface area (Å²) in [6.07, 6.45) is 1.68. The molecule has 0 aromatic heterocycles. The number of rotatable bonds is 7. The van der Waals surface area contributed by atoms with E-state index in [2.05, 4.69) is 15.3 Å². The van der Waals surface area contributed by atoms with Gasteiger partial charge in [-0.2, -0.15) is 5.26 Å². The Balaban J connectivity index is 4.41. The number of carbonyl (C=O) groups is 3. The highest BCUT2D eigenvalue weighted by molar-refractivity contribution is 6.65. The van der Waals surface area contributed by atoms with Gasteiger partial charge in [0.1, 0.15) is 6.07 Å². The molecule has 0 unspecified atom stereocenters. The van der Waals surface area contributed by atoms with E-state index in [1.807, 2.05) is 12.2 Å². The molecule has 19 heavy (non-hydrogen) atoms. The number of hydrogen-bond acceptors (Lipinski definition) is 6. The number of nitrogens with one attached hydrogen (secondary N) is 2. The van der Waals surface area contributed by atoms with Crippen LogP contribution in [-0.4, -0.2) is 36.6 Å². The minimum Gasteiger partial charge on any atom is -0.380 e. The third kappa shape index (κ3) is 7.49. The molecule has 0 saturated heterocycles. The molecule has 0 atom stereocenters. The Morgan fingerprint density at radius 1 is 1.37 bits per heavy atom. The van der Waals surface area contributed by atoms with E-state index >= 15 is 0 Å². The highest BCUT2D eigenvalue weighted by Gasteiger charge is 2.19. The Labute approximate surface area is 110 Å². The van der Waals surface area contributed by atoms with Crippen LogP contribution >= 0.6 is 0 Å². The topological polar surface area (TPSA) is 121 Å². The lowest BCUT2D eigenvalue weighted by Gasteiger charge is -2.06. The molecule has 0 bridgehead atoms. The lowest BCUT2D eigenvalue weighted by molar-refractivity contribution is -0.116. The summed E-state index contributed by atoms with van der Waals surface area (Å²) in [7, 11) is 0. The first kappa shape index (κ1) is 16.6. The Bertz CT molecular complexity index is 411. The van der Waals surface area contributed by atoms with E-state index in [1.54, 1.807) is 6.07 Å². The van der Waals surface area contributed by atoms with E-state index in [9.17, 15) is 14.4 Å². The molecule has 0 aliphatic heterocycles. The van der Waals surface area contributed by atoms with Gasteiger partial charge in [-0.15, -0.1) is 0 Å². The molecular weight excluding hydrogens is 252 g/mol. The third-order valence-corrected chi connectivity index (χ3v) is 1.88.